The van der Waals surface area contributed by atoms with E-state index in [0.29, 0.717) is 12.0 Å². The standard InChI is InChI=1S/C14H19FN2O.ClH/c1-10(8-11-4-2-3-5-13(11)15)14(18)17-12-6-7-16-9-12;/h2-5,10,12,16H,6-9H2,1H3,(H,17,18);1H. The third-order valence-electron chi connectivity index (χ3n) is 3.34. The lowest BCUT2D eigenvalue weighted by molar-refractivity contribution is -0.125. The molecule has 2 atom stereocenters. The number of amides is 1. The highest BCUT2D eigenvalue weighted by molar-refractivity contribution is 5.85. The van der Waals surface area contributed by atoms with Crippen molar-refractivity contribution in [3.63, 3.8) is 0 Å². The van der Waals surface area contributed by atoms with Crippen molar-refractivity contribution in [3.8, 4) is 0 Å². The first kappa shape index (κ1) is 15.9. The molecule has 1 aliphatic heterocycles. The molecule has 0 aromatic heterocycles. The zero-order valence-corrected chi connectivity index (χ0v) is 11.8. The van der Waals surface area contributed by atoms with Crippen molar-refractivity contribution in [2.75, 3.05) is 13.1 Å². The molecule has 5 heteroatoms. The average Bonchev–Trinajstić information content (AvgIpc) is 2.84. The van der Waals surface area contributed by atoms with Crippen molar-refractivity contribution in [1.29, 1.82) is 0 Å². The third-order valence-corrected chi connectivity index (χ3v) is 3.34. The minimum atomic E-state index is -0.236. The summed E-state index contributed by atoms with van der Waals surface area (Å²) in [7, 11) is 0. The van der Waals surface area contributed by atoms with Gasteiger partial charge in [0.15, 0.2) is 0 Å². The molecule has 0 radical (unpaired) electrons. The van der Waals surface area contributed by atoms with Gasteiger partial charge in [0.05, 0.1) is 0 Å². The number of hydrogen-bond acceptors (Lipinski definition) is 2. The summed E-state index contributed by atoms with van der Waals surface area (Å²) in [6, 6.07) is 6.84. The average molecular weight is 287 g/mol. The zero-order chi connectivity index (χ0) is 13.0. The Morgan fingerprint density at radius 2 is 2.26 bits per heavy atom. The van der Waals surface area contributed by atoms with Gasteiger partial charge in [0.1, 0.15) is 5.82 Å². The molecule has 1 fully saturated rings. The molecule has 1 aromatic rings. The van der Waals surface area contributed by atoms with Crippen LogP contribution in [0.4, 0.5) is 4.39 Å². The van der Waals surface area contributed by atoms with Crippen LogP contribution in [0.3, 0.4) is 0 Å². The molecule has 106 valence electrons. The first-order valence-electron chi connectivity index (χ1n) is 6.41. The van der Waals surface area contributed by atoms with E-state index in [9.17, 15) is 9.18 Å². The molecule has 2 N–H and O–H groups in total. The first-order chi connectivity index (χ1) is 8.66. The van der Waals surface area contributed by atoms with Crippen molar-refractivity contribution in [3.05, 3.63) is 35.6 Å². The van der Waals surface area contributed by atoms with Crippen LogP contribution in [0.5, 0.6) is 0 Å². The smallest absolute Gasteiger partial charge is 0.223 e. The number of hydrogen-bond donors (Lipinski definition) is 2. The molecule has 3 nitrogen and oxygen atoms in total. The van der Waals surface area contributed by atoms with Crippen molar-refractivity contribution >= 4 is 18.3 Å². The van der Waals surface area contributed by atoms with Crippen molar-refractivity contribution < 1.29 is 9.18 Å². The zero-order valence-electron chi connectivity index (χ0n) is 11.0. The normalized spacial score (nSPS) is 19.6. The number of nitrogens with one attached hydrogen (secondary N) is 2. The fraction of sp³-hybridized carbons (Fsp3) is 0.500. The molecule has 0 spiro atoms. The van der Waals surface area contributed by atoms with Crippen LogP contribution in [0.1, 0.15) is 18.9 Å². The van der Waals surface area contributed by atoms with Crippen LogP contribution in [0, 0.1) is 11.7 Å². The van der Waals surface area contributed by atoms with E-state index in [-0.39, 0.29) is 36.1 Å². The maximum Gasteiger partial charge on any atom is 0.223 e. The monoisotopic (exact) mass is 286 g/mol. The van der Waals surface area contributed by atoms with Gasteiger partial charge in [-0.25, -0.2) is 4.39 Å². The molecule has 2 unspecified atom stereocenters. The third kappa shape index (κ3) is 4.48. The SMILES string of the molecule is CC(Cc1ccccc1F)C(=O)NC1CCNC1.Cl. The highest BCUT2D eigenvalue weighted by Gasteiger charge is 2.21. The van der Waals surface area contributed by atoms with E-state index in [1.807, 2.05) is 6.92 Å². The van der Waals surface area contributed by atoms with Crippen molar-refractivity contribution in [2.24, 2.45) is 5.92 Å². The Kier molecular flexibility index (Phi) is 6.25. The number of benzene rings is 1. The number of halogens is 2. The summed E-state index contributed by atoms with van der Waals surface area (Å²) in [5.41, 5.74) is 0.602. The molecule has 1 aliphatic rings. The first-order valence-corrected chi connectivity index (χ1v) is 6.41. The molecule has 1 aromatic carbocycles. The Morgan fingerprint density at radius 3 is 2.89 bits per heavy atom. The van der Waals surface area contributed by atoms with Gasteiger partial charge in [0, 0.05) is 18.5 Å². The van der Waals surface area contributed by atoms with Crippen LogP contribution >= 0.6 is 12.4 Å². The Balaban J connectivity index is 0.00000180. The van der Waals surface area contributed by atoms with E-state index in [1.54, 1.807) is 18.2 Å². The number of rotatable bonds is 4. The van der Waals surface area contributed by atoms with E-state index in [0.717, 1.165) is 19.5 Å². The maximum absolute atomic E-state index is 13.5. The fourth-order valence-corrected chi connectivity index (χ4v) is 2.21. The van der Waals surface area contributed by atoms with Crippen LogP contribution in [-0.2, 0) is 11.2 Å². The van der Waals surface area contributed by atoms with Gasteiger partial charge in [-0.3, -0.25) is 4.79 Å². The summed E-state index contributed by atoms with van der Waals surface area (Å²) in [5.74, 6) is -0.436. The lowest BCUT2D eigenvalue weighted by atomic mass is 9.99. The molecule has 19 heavy (non-hydrogen) atoms. The van der Waals surface area contributed by atoms with Gasteiger partial charge >= 0.3 is 0 Å². The van der Waals surface area contributed by atoms with E-state index >= 15 is 0 Å². The summed E-state index contributed by atoms with van der Waals surface area (Å²) in [6.45, 7) is 3.62. The molecule has 1 amide bonds. The molecule has 2 rings (SSSR count). The summed E-state index contributed by atoms with van der Waals surface area (Å²) < 4.78 is 13.5. The maximum atomic E-state index is 13.5. The fourth-order valence-electron chi connectivity index (χ4n) is 2.21. The minimum absolute atomic E-state index is 0. The van der Waals surface area contributed by atoms with Gasteiger partial charge in [0.2, 0.25) is 5.91 Å². The van der Waals surface area contributed by atoms with Gasteiger partial charge in [-0.2, -0.15) is 0 Å². The molecule has 1 heterocycles. The second-order valence-corrected chi connectivity index (χ2v) is 4.89. The number of carbonyl (C=O) groups excluding carboxylic acids is 1. The number of carbonyl (C=O) groups is 1. The van der Waals surface area contributed by atoms with E-state index < -0.39 is 0 Å². The summed E-state index contributed by atoms with van der Waals surface area (Å²) >= 11 is 0. The molecular formula is C14H20ClFN2O. The van der Waals surface area contributed by atoms with Gasteiger partial charge in [0.25, 0.3) is 0 Å². The summed E-state index contributed by atoms with van der Waals surface area (Å²) in [5, 5.41) is 6.20. The quantitative estimate of drug-likeness (QED) is 0.888. The van der Waals surface area contributed by atoms with Gasteiger partial charge in [-0.15, -0.1) is 12.4 Å². The van der Waals surface area contributed by atoms with Crippen LogP contribution in [0.2, 0.25) is 0 Å². The molecular weight excluding hydrogens is 267 g/mol. The largest absolute Gasteiger partial charge is 0.352 e. The van der Waals surface area contributed by atoms with Crippen LogP contribution in [0.15, 0.2) is 24.3 Å². The van der Waals surface area contributed by atoms with E-state index in [1.165, 1.54) is 6.07 Å². The lowest BCUT2D eigenvalue weighted by Crippen LogP contribution is -2.39. The molecule has 0 aliphatic carbocycles. The Bertz CT molecular complexity index is 422. The molecule has 0 saturated carbocycles. The van der Waals surface area contributed by atoms with Gasteiger partial charge in [-0.05, 0) is 31.0 Å². The van der Waals surface area contributed by atoms with E-state index in [2.05, 4.69) is 10.6 Å². The summed E-state index contributed by atoms with van der Waals surface area (Å²) in [4.78, 5) is 12.0. The van der Waals surface area contributed by atoms with Crippen LogP contribution in [-0.4, -0.2) is 25.0 Å². The predicted octanol–water partition coefficient (Wildman–Crippen LogP) is 1.90. The topological polar surface area (TPSA) is 41.1 Å². The lowest BCUT2D eigenvalue weighted by Gasteiger charge is -2.16. The Morgan fingerprint density at radius 1 is 1.53 bits per heavy atom. The van der Waals surface area contributed by atoms with Crippen LogP contribution in [0.25, 0.3) is 0 Å². The van der Waals surface area contributed by atoms with Crippen molar-refractivity contribution in [1.82, 2.24) is 10.6 Å². The predicted molar refractivity (Wildman–Crippen MR) is 75.9 cm³/mol. The van der Waals surface area contributed by atoms with Gasteiger partial charge < -0.3 is 10.6 Å². The van der Waals surface area contributed by atoms with Crippen LogP contribution < -0.4 is 10.6 Å². The second-order valence-electron chi connectivity index (χ2n) is 4.89. The van der Waals surface area contributed by atoms with Gasteiger partial charge in [-0.1, -0.05) is 25.1 Å². The van der Waals surface area contributed by atoms with E-state index in [4.69, 9.17) is 0 Å². The second kappa shape index (κ2) is 7.46. The highest BCUT2D eigenvalue weighted by atomic mass is 35.5. The minimum Gasteiger partial charge on any atom is -0.352 e. The Hall–Kier alpha value is -1.13. The Labute approximate surface area is 119 Å². The highest BCUT2D eigenvalue weighted by Crippen LogP contribution is 2.13. The molecule has 0 bridgehead atoms. The summed E-state index contributed by atoms with van der Waals surface area (Å²) in [6.07, 6.45) is 1.41. The molecule has 1 saturated heterocycles. The van der Waals surface area contributed by atoms with Crippen molar-refractivity contribution in [2.45, 2.75) is 25.8 Å².